The number of carbonyl (C=O) groups is 1. The van der Waals surface area contributed by atoms with E-state index in [9.17, 15) is 21.6 Å². The van der Waals surface area contributed by atoms with E-state index in [1.807, 2.05) is 4.90 Å². The molecule has 1 aromatic rings. The van der Waals surface area contributed by atoms with Crippen LogP contribution in [0, 0.1) is 0 Å². The lowest BCUT2D eigenvalue weighted by Gasteiger charge is -2.35. The van der Waals surface area contributed by atoms with Crippen LogP contribution in [0.25, 0.3) is 0 Å². The highest BCUT2D eigenvalue weighted by Gasteiger charge is 2.28. The summed E-state index contributed by atoms with van der Waals surface area (Å²) in [6, 6.07) is 2.92. The minimum atomic E-state index is -3.74. The molecule has 2 heterocycles. The molecule has 0 spiro atoms. The van der Waals surface area contributed by atoms with Crippen molar-refractivity contribution >= 4 is 48.7 Å². The first kappa shape index (κ1) is 21.6. The summed E-state index contributed by atoms with van der Waals surface area (Å²) in [5.41, 5.74) is 0. The molecule has 0 atom stereocenters. The van der Waals surface area contributed by atoms with Gasteiger partial charge in [0.05, 0.1) is 16.6 Å². The molecule has 0 N–H and O–H groups in total. The number of hydrogen-bond donors (Lipinski definition) is 0. The van der Waals surface area contributed by atoms with Crippen LogP contribution in [0.4, 0.5) is 0 Å². The van der Waals surface area contributed by atoms with E-state index in [1.54, 1.807) is 4.90 Å². The van der Waals surface area contributed by atoms with Gasteiger partial charge in [-0.05, 0) is 12.1 Å². The van der Waals surface area contributed by atoms with Crippen molar-refractivity contribution in [2.24, 2.45) is 0 Å². The van der Waals surface area contributed by atoms with Gasteiger partial charge in [-0.25, -0.2) is 16.8 Å². The molecule has 0 saturated carbocycles. The predicted molar refractivity (Wildman–Crippen MR) is 102 cm³/mol. The molecular formula is C14H22ClN3O5S3. The molecule has 0 radical (unpaired) electrons. The highest BCUT2D eigenvalue weighted by molar-refractivity contribution is 7.91. The van der Waals surface area contributed by atoms with Crippen LogP contribution in [-0.2, 0) is 24.7 Å². The lowest BCUT2D eigenvalue weighted by molar-refractivity contribution is -0.132. The van der Waals surface area contributed by atoms with Crippen molar-refractivity contribution in [3.8, 4) is 0 Å². The van der Waals surface area contributed by atoms with E-state index in [2.05, 4.69) is 0 Å². The number of carbonyl (C=O) groups excluding carboxylic acids is 1. The zero-order valence-corrected chi connectivity index (χ0v) is 17.8. The number of piperazine rings is 1. The fraction of sp³-hybridized carbons (Fsp3) is 0.643. The molecule has 1 aliphatic heterocycles. The normalized spacial score (nSPS) is 17.0. The molecule has 1 saturated heterocycles. The summed E-state index contributed by atoms with van der Waals surface area (Å²) in [6.07, 6.45) is 1.20. The van der Waals surface area contributed by atoms with Gasteiger partial charge in [0, 0.05) is 46.0 Å². The second-order valence-corrected chi connectivity index (χ2v) is 12.4. The van der Waals surface area contributed by atoms with Gasteiger partial charge in [0.15, 0.2) is 0 Å². The van der Waals surface area contributed by atoms with E-state index in [1.165, 1.54) is 25.4 Å². The molecule has 0 aromatic carbocycles. The molecule has 26 heavy (non-hydrogen) atoms. The topological polar surface area (TPSA) is 95.1 Å². The van der Waals surface area contributed by atoms with Gasteiger partial charge < -0.3 is 4.90 Å². The SMILES string of the molecule is CN(CC(=O)N1CCN(CCS(C)(=O)=O)CC1)S(=O)(=O)c1ccc(Cl)s1. The summed E-state index contributed by atoms with van der Waals surface area (Å²) in [4.78, 5) is 16.0. The number of rotatable bonds is 7. The van der Waals surface area contributed by atoms with Crippen LogP contribution in [0.1, 0.15) is 0 Å². The van der Waals surface area contributed by atoms with E-state index >= 15 is 0 Å². The van der Waals surface area contributed by atoms with E-state index in [0.29, 0.717) is 37.1 Å². The molecule has 1 aliphatic rings. The van der Waals surface area contributed by atoms with Crippen molar-refractivity contribution < 1.29 is 21.6 Å². The Bertz CT molecular complexity index is 845. The molecule has 2 rings (SSSR count). The van der Waals surface area contributed by atoms with Crippen molar-refractivity contribution in [1.29, 1.82) is 0 Å². The van der Waals surface area contributed by atoms with Crippen molar-refractivity contribution in [2.75, 3.05) is 58.3 Å². The highest BCUT2D eigenvalue weighted by Crippen LogP contribution is 2.27. The zero-order chi connectivity index (χ0) is 19.5. The van der Waals surface area contributed by atoms with Gasteiger partial charge in [0.25, 0.3) is 10.0 Å². The monoisotopic (exact) mass is 443 g/mol. The molecule has 0 aliphatic carbocycles. The number of nitrogens with zero attached hydrogens (tertiary/aromatic N) is 3. The lowest BCUT2D eigenvalue weighted by atomic mass is 10.3. The summed E-state index contributed by atoms with van der Waals surface area (Å²) >= 11 is 6.73. The average Bonchev–Trinajstić information content (AvgIpc) is 3.00. The Morgan fingerprint density at radius 2 is 1.81 bits per heavy atom. The first-order valence-electron chi connectivity index (χ1n) is 7.88. The van der Waals surface area contributed by atoms with Gasteiger partial charge in [-0.15, -0.1) is 11.3 Å². The first-order valence-corrected chi connectivity index (χ1v) is 12.6. The fourth-order valence-electron chi connectivity index (χ4n) is 2.48. The Labute approximate surface area is 163 Å². The molecule has 1 aromatic heterocycles. The minimum Gasteiger partial charge on any atom is -0.339 e. The molecule has 1 fully saturated rings. The third-order valence-electron chi connectivity index (χ3n) is 4.07. The second kappa shape index (κ2) is 8.53. The number of likely N-dealkylation sites (N-methyl/N-ethyl adjacent to an activating group) is 1. The van der Waals surface area contributed by atoms with Gasteiger partial charge in [-0.1, -0.05) is 11.6 Å². The molecular weight excluding hydrogens is 422 g/mol. The summed E-state index contributed by atoms with van der Waals surface area (Å²) in [5, 5.41) is 0. The van der Waals surface area contributed by atoms with Crippen molar-refractivity contribution in [3.63, 3.8) is 0 Å². The van der Waals surface area contributed by atoms with Gasteiger partial charge in [0.2, 0.25) is 5.91 Å². The Morgan fingerprint density at radius 1 is 1.19 bits per heavy atom. The van der Waals surface area contributed by atoms with Gasteiger partial charge >= 0.3 is 0 Å². The molecule has 12 heteroatoms. The lowest BCUT2D eigenvalue weighted by Crippen LogP contribution is -2.51. The van der Waals surface area contributed by atoms with Gasteiger partial charge in [0.1, 0.15) is 14.0 Å². The first-order chi connectivity index (χ1) is 12.0. The van der Waals surface area contributed by atoms with Crippen molar-refractivity contribution in [3.05, 3.63) is 16.5 Å². The number of sulfone groups is 1. The van der Waals surface area contributed by atoms with Crippen molar-refractivity contribution in [1.82, 2.24) is 14.1 Å². The van der Waals surface area contributed by atoms with Gasteiger partial charge in [-0.3, -0.25) is 9.69 Å². The van der Waals surface area contributed by atoms with Crippen LogP contribution in [0.15, 0.2) is 16.3 Å². The molecule has 0 bridgehead atoms. The van der Waals surface area contributed by atoms with E-state index in [0.717, 1.165) is 15.6 Å². The van der Waals surface area contributed by atoms with Crippen LogP contribution < -0.4 is 0 Å². The summed E-state index contributed by atoms with van der Waals surface area (Å²) in [7, 11) is -5.39. The Balaban J connectivity index is 1.87. The maximum absolute atomic E-state index is 12.4. The maximum Gasteiger partial charge on any atom is 0.252 e. The summed E-state index contributed by atoms with van der Waals surface area (Å²) < 4.78 is 48.8. The van der Waals surface area contributed by atoms with E-state index in [-0.39, 0.29) is 22.4 Å². The molecule has 1 amide bonds. The zero-order valence-electron chi connectivity index (χ0n) is 14.6. The predicted octanol–water partition coefficient (Wildman–Crippen LogP) is 0.211. The Morgan fingerprint density at radius 3 is 2.31 bits per heavy atom. The summed E-state index contributed by atoms with van der Waals surface area (Å²) in [5.74, 6) is -0.188. The highest BCUT2D eigenvalue weighted by atomic mass is 35.5. The number of thiophene rings is 1. The molecule has 148 valence electrons. The Kier molecular flexibility index (Phi) is 7.08. The number of sulfonamides is 1. The average molecular weight is 444 g/mol. The van der Waals surface area contributed by atoms with Crippen LogP contribution in [-0.4, -0.2) is 95.2 Å². The van der Waals surface area contributed by atoms with Gasteiger partial charge in [-0.2, -0.15) is 4.31 Å². The summed E-state index contributed by atoms with van der Waals surface area (Å²) in [6.45, 7) is 2.22. The third-order valence-corrected chi connectivity index (χ3v) is 8.50. The van der Waals surface area contributed by atoms with Crippen LogP contribution in [0.5, 0.6) is 0 Å². The quantitative estimate of drug-likeness (QED) is 0.597. The van der Waals surface area contributed by atoms with Crippen LogP contribution >= 0.6 is 22.9 Å². The fourth-order valence-corrected chi connectivity index (χ4v) is 5.88. The smallest absolute Gasteiger partial charge is 0.252 e. The van der Waals surface area contributed by atoms with Crippen LogP contribution in [0.3, 0.4) is 0 Å². The standard InChI is InChI=1S/C14H22ClN3O5S3/c1-16(26(22,23)14-4-3-12(15)24-14)11-13(19)18-7-5-17(6-8-18)9-10-25(2,20)21/h3-4H,5-11H2,1-2H3. The second-order valence-electron chi connectivity index (χ2n) is 6.17. The molecule has 8 nitrogen and oxygen atoms in total. The number of amides is 1. The maximum atomic E-state index is 12.4. The number of hydrogen-bond acceptors (Lipinski definition) is 7. The van der Waals surface area contributed by atoms with Crippen LogP contribution in [0.2, 0.25) is 4.34 Å². The van der Waals surface area contributed by atoms with E-state index < -0.39 is 19.9 Å². The van der Waals surface area contributed by atoms with Crippen molar-refractivity contribution in [2.45, 2.75) is 4.21 Å². The number of halogens is 1. The van der Waals surface area contributed by atoms with E-state index in [4.69, 9.17) is 11.6 Å². The third kappa shape index (κ3) is 5.89. The molecule has 0 unspecified atom stereocenters. The largest absolute Gasteiger partial charge is 0.339 e. The Hall–Kier alpha value is -0.720. The minimum absolute atomic E-state index is 0.0886.